The van der Waals surface area contributed by atoms with Crippen LogP contribution in [-0.2, 0) is 11.2 Å². The van der Waals surface area contributed by atoms with E-state index < -0.39 is 0 Å². The first-order valence-corrected chi connectivity index (χ1v) is 9.03. The summed E-state index contributed by atoms with van der Waals surface area (Å²) in [5, 5.41) is 0.803. The molecule has 4 nitrogen and oxygen atoms in total. The Hall–Kier alpha value is -2.04. The average Bonchev–Trinajstić information content (AvgIpc) is 2.63. The van der Waals surface area contributed by atoms with Gasteiger partial charge in [-0.25, -0.2) is 0 Å². The Morgan fingerprint density at radius 3 is 2.36 bits per heavy atom. The molecule has 1 atom stereocenters. The van der Waals surface area contributed by atoms with Crippen LogP contribution in [0.25, 0.3) is 0 Å². The highest BCUT2D eigenvalue weighted by molar-refractivity contribution is 6.31. The summed E-state index contributed by atoms with van der Waals surface area (Å²) in [7, 11) is 0. The maximum atomic E-state index is 12.5. The van der Waals surface area contributed by atoms with Gasteiger partial charge in [-0.2, -0.15) is 0 Å². The van der Waals surface area contributed by atoms with Crippen molar-refractivity contribution < 1.29 is 4.79 Å². The quantitative estimate of drug-likeness (QED) is 0.853. The SMILES string of the molecule is CC(c1ccccc1Cl)N1CCN(C(=O)Cc2ccc(N)cc2)CC1. The fraction of sp³-hybridized carbons (Fsp3) is 0.350. The number of hydrogen-bond donors (Lipinski definition) is 1. The van der Waals surface area contributed by atoms with Crippen molar-refractivity contribution in [3.05, 3.63) is 64.7 Å². The van der Waals surface area contributed by atoms with Gasteiger partial charge < -0.3 is 10.6 Å². The molecule has 1 amide bonds. The normalized spacial score (nSPS) is 16.6. The molecular weight excluding hydrogens is 334 g/mol. The molecular formula is C20H24ClN3O. The van der Waals surface area contributed by atoms with Gasteiger partial charge in [0.1, 0.15) is 0 Å². The standard InChI is InChI=1S/C20H24ClN3O/c1-15(18-4-2-3-5-19(18)21)23-10-12-24(13-11-23)20(25)14-16-6-8-17(22)9-7-16/h2-9,15H,10-14,22H2,1H3. The van der Waals surface area contributed by atoms with Gasteiger partial charge in [0.05, 0.1) is 6.42 Å². The predicted octanol–water partition coefficient (Wildman–Crippen LogP) is 3.37. The summed E-state index contributed by atoms with van der Waals surface area (Å²) in [4.78, 5) is 16.8. The van der Waals surface area contributed by atoms with Gasteiger partial charge in [-0.15, -0.1) is 0 Å². The first-order valence-electron chi connectivity index (χ1n) is 8.65. The number of benzene rings is 2. The second-order valence-corrected chi connectivity index (χ2v) is 6.94. The molecule has 1 heterocycles. The summed E-state index contributed by atoms with van der Waals surface area (Å²) in [6.45, 7) is 5.40. The Bertz CT molecular complexity index is 724. The van der Waals surface area contributed by atoms with E-state index in [4.69, 9.17) is 17.3 Å². The molecule has 1 aliphatic rings. The largest absolute Gasteiger partial charge is 0.399 e. The van der Waals surface area contributed by atoms with Crippen LogP contribution in [0, 0.1) is 0 Å². The summed E-state index contributed by atoms with van der Waals surface area (Å²) in [5.41, 5.74) is 8.56. The van der Waals surface area contributed by atoms with Crippen LogP contribution in [0.15, 0.2) is 48.5 Å². The molecule has 2 aromatic rings. The van der Waals surface area contributed by atoms with E-state index in [2.05, 4.69) is 17.9 Å². The van der Waals surface area contributed by atoms with E-state index in [0.29, 0.717) is 6.42 Å². The number of rotatable bonds is 4. The monoisotopic (exact) mass is 357 g/mol. The van der Waals surface area contributed by atoms with Crippen LogP contribution in [0.5, 0.6) is 0 Å². The number of piperazine rings is 1. The molecule has 25 heavy (non-hydrogen) atoms. The van der Waals surface area contributed by atoms with E-state index >= 15 is 0 Å². The van der Waals surface area contributed by atoms with Crippen molar-refractivity contribution in [2.75, 3.05) is 31.9 Å². The Labute approximate surface area is 154 Å². The second-order valence-electron chi connectivity index (χ2n) is 6.53. The van der Waals surface area contributed by atoms with Gasteiger partial charge in [-0.05, 0) is 36.2 Å². The fourth-order valence-corrected chi connectivity index (χ4v) is 3.58. The molecule has 1 saturated heterocycles. The maximum Gasteiger partial charge on any atom is 0.227 e. The Kier molecular flexibility index (Phi) is 5.61. The third-order valence-electron chi connectivity index (χ3n) is 4.91. The molecule has 0 bridgehead atoms. The summed E-state index contributed by atoms with van der Waals surface area (Å²) in [6.07, 6.45) is 0.431. The number of nitrogen functional groups attached to an aromatic ring is 1. The van der Waals surface area contributed by atoms with Crippen LogP contribution < -0.4 is 5.73 Å². The van der Waals surface area contributed by atoms with Gasteiger partial charge in [-0.1, -0.05) is 41.9 Å². The molecule has 0 aromatic heterocycles. The smallest absolute Gasteiger partial charge is 0.227 e. The molecule has 2 aromatic carbocycles. The first kappa shape index (κ1) is 17.8. The molecule has 1 unspecified atom stereocenters. The number of nitrogens with two attached hydrogens (primary N) is 1. The topological polar surface area (TPSA) is 49.6 Å². The van der Waals surface area contributed by atoms with E-state index in [1.807, 2.05) is 47.4 Å². The summed E-state index contributed by atoms with van der Waals surface area (Å²) in [5.74, 6) is 0.176. The summed E-state index contributed by atoms with van der Waals surface area (Å²) < 4.78 is 0. The third kappa shape index (κ3) is 4.33. The van der Waals surface area contributed by atoms with Crippen molar-refractivity contribution in [2.45, 2.75) is 19.4 Å². The molecule has 0 saturated carbocycles. The number of carbonyl (C=O) groups excluding carboxylic acids is 1. The van der Waals surface area contributed by atoms with Crippen molar-refractivity contribution in [3.63, 3.8) is 0 Å². The van der Waals surface area contributed by atoms with Crippen molar-refractivity contribution in [3.8, 4) is 0 Å². The molecule has 132 valence electrons. The molecule has 3 rings (SSSR count). The zero-order valence-corrected chi connectivity index (χ0v) is 15.2. The number of carbonyl (C=O) groups is 1. The number of anilines is 1. The van der Waals surface area contributed by atoms with Crippen LogP contribution in [0.2, 0.25) is 5.02 Å². The summed E-state index contributed by atoms with van der Waals surface area (Å²) in [6, 6.07) is 15.7. The third-order valence-corrected chi connectivity index (χ3v) is 5.25. The number of amides is 1. The van der Waals surface area contributed by atoms with E-state index in [0.717, 1.165) is 48.0 Å². The van der Waals surface area contributed by atoms with E-state index in [1.165, 1.54) is 0 Å². The minimum atomic E-state index is 0.176. The lowest BCUT2D eigenvalue weighted by Gasteiger charge is -2.38. The fourth-order valence-electron chi connectivity index (χ4n) is 3.29. The van der Waals surface area contributed by atoms with Crippen molar-refractivity contribution in [1.82, 2.24) is 9.80 Å². The van der Waals surface area contributed by atoms with Crippen LogP contribution >= 0.6 is 11.6 Å². The van der Waals surface area contributed by atoms with Gasteiger partial charge in [0.25, 0.3) is 0 Å². The molecule has 1 fully saturated rings. The lowest BCUT2D eigenvalue weighted by molar-refractivity contribution is -0.132. The average molecular weight is 358 g/mol. The van der Waals surface area contributed by atoms with Gasteiger partial charge >= 0.3 is 0 Å². The Morgan fingerprint density at radius 2 is 1.72 bits per heavy atom. The Balaban J connectivity index is 1.55. The highest BCUT2D eigenvalue weighted by Gasteiger charge is 2.25. The number of hydrogen-bond acceptors (Lipinski definition) is 3. The number of halogens is 1. The molecule has 0 radical (unpaired) electrons. The highest BCUT2D eigenvalue weighted by atomic mass is 35.5. The van der Waals surface area contributed by atoms with Gasteiger partial charge in [0, 0.05) is 42.9 Å². The lowest BCUT2D eigenvalue weighted by Crippen LogP contribution is -2.49. The predicted molar refractivity (Wildman–Crippen MR) is 103 cm³/mol. The van der Waals surface area contributed by atoms with Gasteiger partial charge in [-0.3, -0.25) is 9.69 Å². The Morgan fingerprint density at radius 1 is 1.08 bits per heavy atom. The van der Waals surface area contributed by atoms with Crippen molar-refractivity contribution in [1.29, 1.82) is 0 Å². The first-order chi connectivity index (χ1) is 12.0. The second kappa shape index (κ2) is 7.89. The molecule has 5 heteroatoms. The summed E-state index contributed by atoms with van der Waals surface area (Å²) >= 11 is 6.32. The van der Waals surface area contributed by atoms with Gasteiger partial charge in [0.2, 0.25) is 5.91 Å². The minimum absolute atomic E-state index is 0.176. The molecule has 2 N–H and O–H groups in total. The minimum Gasteiger partial charge on any atom is -0.399 e. The molecule has 0 spiro atoms. The van der Waals surface area contributed by atoms with E-state index in [9.17, 15) is 4.79 Å². The molecule has 1 aliphatic heterocycles. The van der Waals surface area contributed by atoms with Crippen LogP contribution in [-0.4, -0.2) is 41.9 Å². The van der Waals surface area contributed by atoms with E-state index in [1.54, 1.807) is 0 Å². The highest BCUT2D eigenvalue weighted by Crippen LogP contribution is 2.27. The number of nitrogens with zero attached hydrogens (tertiary/aromatic N) is 2. The zero-order chi connectivity index (χ0) is 17.8. The van der Waals surface area contributed by atoms with Crippen LogP contribution in [0.1, 0.15) is 24.1 Å². The van der Waals surface area contributed by atoms with Crippen LogP contribution in [0.3, 0.4) is 0 Å². The lowest BCUT2D eigenvalue weighted by atomic mass is 10.1. The maximum absolute atomic E-state index is 12.5. The van der Waals surface area contributed by atoms with Crippen molar-refractivity contribution >= 4 is 23.2 Å². The van der Waals surface area contributed by atoms with Gasteiger partial charge in [0.15, 0.2) is 0 Å². The van der Waals surface area contributed by atoms with Crippen molar-refractivity contribution in [2.24, 2.45) is 0 Å². The zero-order valence-electron chi connectivity index (χ0n) is 14.5. The van der Waals surface area contributed by atoms with E-state index in [-0.39, 0.29) is 11.9 Å². The molecule has 0 aliphatic carbocycles. The van der Waals surface area contributed by atoms with Crippen LogP contribution in [0.4, 0.5) is 5.69 Å².